The van der Waals surface area contributed by atoms with Crippen LogP contribution in [0.15, 0.2) is 15.0 Å². The van der Waals surface area contributed by atoms with Crippen molar-refractivity contribution in [1.82, 2.24) is 20.3 Å². The molecule has 0 aromatic carbocycles. The summed E-state index contributed by atoms with van der Waals surface area (Å²) in [6, 6.07) is 0. The van der Waals surface area contributed by atoms with E-state index in [4.69, 9.17) is 0 Å². The number of thiazole rings is 1. The number of H-pyrrole nitrogens is 2. The smallest absolute Gasteiger partial charge is 0.325 e. The van der Waals surface area contributed by atoms with Crippen LogP contribution in [0.2, 0.25) is 0 Å². The van der Waals surface area contributed by atoms with E-state index in [1.54, 1.807) is 6.92 Å². The molecule has 7 nitrogen and oxygen atoms in total. The van der Waals surface area contributed by atoms with Gasteiger partial charge in [0, 0.05) is 28.8 Å². The Morgan fingerprint density at radius 2 is 2.10 bits per heavy atom. The normalized spacial score (nSPS) is 10.6. The molecule has 0 aliphatic heterocycles. The third kappa shape index (κ3) is 4.12. The summed E-state index contributed by atoms with van der Waals surface area (Å²) in [6.07, 6.45) is 0.459. The average Bonchev–Trinajstić information content (AvgIpc) is 2.81. The van der Waals surface area contributed by atoms with Crippen molar-refractivity contribution in [2.24, 2.45) is 0 Å². The highest BCUT2D eigenvalue weighted by Crippen LogP contribution is 2.08. The van der Waals surface area contributed by atoms with Gasteiger partial charge in [-0.2, -0.15) is 0 Å². The number of rotatable bonds is 5. The summed E-state index contributed by atoms with van der Waals surface area (Å²) in [5.74, 6) is -0.159. The van der Waals surface area contributed by atoms with Crippen LogP contribution in [0.25, 0.3) is 0 Å². The van der Waals surface area contributed by atoms with Gasteiger partial charge in [-0.25, -0.2) is 9.78 Å². The molecule has 0 spiro atoms. The summed E-state index contributed by atoms with van der Waals surface area (Å²) in [6.45, 7) is 3.92. The van der Waals surface area contributed by atoms with Gasteiger partial charge in [0.1, 0.15) is 5.01 Å². The number of aryl methyl sites for hydroxylation is 2. The lowest BCUT2D eigenvalue weighted by Crippen LogP contribution is -2.29. The van der Waals surface area contributed by atoms with E-state index in [0.717, 1.165) is 10.7 Å². The quantitative estimate of drug-likeness (QED) is 0.742. The molecule has 8 heteroatoms. The SMILES string of the molecule is Cc1csc(CNC(=O)CCc2c(C)[nH]c(=O)[nH]c2=O)n1. The number of carbonyl (C=O) groups excluding carboxylic acids is 1. The third-order valence-corrected chi connectivity index (χ3v) is 3.93. The second-order valence-electron chi connectivity index (χ2n) is 4.67. The third-order valence-electron chi connectivity index (χ3n) is 2.96. The van der Waals surface area contributed by atoms with E-state index in [0.29, 0.717) is 17.8 Å². The Morgan fingerprint density at radius 3 is 2.71 bits per heavy atom. The van der Waals surface area contributed by atoms with Gasteiger partial charge < -0.3 is 10.3 Å². The average molecular weight is 308 g/mol. The molecule has 0 unspecified atom stereocenters. The number of hydrogen-bond acceptors (Lipinski definition) is 5. The minimum Gasteiger partial charge on any atom is -0.350 e. The zero-order valence-electron chi connectivity index (χ0n) is 11.8. The number of amides is 1. The molecule has 0 aliphatic rings. The second kappa shape index (κ2) is 6.49. The molecule has 0 bridgehead atoms. The van der Waals surface area contributed by atoms with Crippen LogP contribution in [-0.4, -0.2) is 20.9 Å². The summed E-state index contributed by atoms with van der Waals surface area (Å²) < 4.78 is 0. The van der Waals surface area contributed by atoms with Crippen LogP contribution in [-0.2, 0) is 17.8 Å². The molecule has 2 heterocycles. The predicted molar refractivity (Wildman–Crippen MR) is 79.4 cm³/mol. The van der Waals surface area contributed by atoms with Gasteiger partial charge in [0.15, 0.2) is 0 Å². The molecular formula is C13H16N4O3S. The Hall–Kier alpha value is -2.22. The van der Waals surface area contributed by atoms with Gasteiger partial charge >= 0.3 is 5.69 Å². The minimum absolute atomic E-state index is 0.159. The molecule has 2 aromatic rings. The molecule has 2 rings (SSSR count). The zero-order valence-corrected chi connectivity index (χ0v) is 12.6. The minimum atomic E-state index is -0.537. The van der Waals surface area contributed by atoms with Crippen molar-refractivity contribution >= 4 is 17.2 Å². The number of nitrogens with zero attached hydrogens (tertiary/aromatic N) is 1. The topological polar surface area (TPSA) is 108 Å². The summed E-state index contributed by atoms with van der Waals surface area (Å²) >= 11 is 1.49. The fourth-order valence-electron chi connectivity index (χ4n) is 1.91. The van der Waals surface area contributed by atoms with E-state index in [1.807, 2.05) is 12.3 Å². The fourth-order valence-corrected chi connectivity index (χ4v) is 2.62. The van der Waals surface area contributed by atoms with E-state index >= 15 is 0 Å². The Balaban J connectivity index is 1.90. The maximum absolute atomic E-state index is 11.8. The molecule has 3 N–H and O–H groups in total. The molecule has 0 fully saturated rings. The summed E-state index contributed by atoms with van der Waals surface area (Å²) in [7, 11) is 0. The Bertz CT molecular complexity index is 759. The summed E-state index contributed by atoms with van der Waals surface area (Å²) in [5, 5.41) is 5.53. The molecule has 0 saturated heterocycles. The van der Waals surface area contributed by atoms with Crippen molar-refractivity contribution in [2.75, 3.05) is 0 Å². The van der Waals surface area contributed by atoms with Crippen molar-refractivity contribution in [2.45, 2.75) is 33.2 Å². The Labute approximate surface area is 124 Å². The van der Waals surface area contributed by atoms with Crippen LogP contribution in [0.4, 0.5) is 0 Å². The summed E-state index contributed by atoms with van der Waals surface area (Å²) in [4.78, 5) is 43.4. The monoisotopic (exact) mass is 308 g/mol. The standard InChI is InChI=1S/C13H16N4O3S/c1-7-6-21-11(15-7)5-14-10(18)4-3-9-8(2)16-13(20)17-12(9)19/h6H,3-5H2,1-2H3,(H,14,18)(H2,16,17,19,20). The van der Waals surface area contributed by atoms with Crippen molar-refractivity contribution < 1.29 is 4.79 Å². The van der Waals surface area contributed by atoms with Crippen molar-refractivity contribution in [3.8, 4) is 0 Å². The first-order valence-electron chi connectivity index (χ1n) is 6.45. The molecule has 1 amide bonds. The molecular weight excluding hydrogens is 292 g/mol. The molecule has 112 valence electrons. The number of nitrogens with one attached hydrogen (secondary N) is 3. The summed E-state index contributed by atoms with van der Waals surface area (Å²) in [5.41, 5.74) is 0.867. The lowest BCUT2D eigenvalue weighted by molar-refractivity contribution is -0.121. The fraction of sp³-hybridized carbons (Fsp3) is 0.385. The van der Waals surface area contributed by atoms with Gasteiger partial charge in [0.05, 0.1) is 6.54 Å². The van der Waals surface area contributed by atoms with Crippen LogP contribution >= 0.6 is 11.3 Å². The first-order valence-corrected chi connectivity index (χ1v) is 7.33. The molecule has 0 aliphatic carbocycles. The van der Waals surface area contributed by atoms with E-state index in [1.165, 1.54) is 11.3 Å². The van der Waals surface area contributed by atoms with E-state index in [9.17, 15) is 14.4 Å². The van der Waals surface area contributed by atoms with Crippen molar-refractivity contribution in [3.63, 3.8) is 0 Å². The van der Waals surface area contributed by atoms with Gasteiger partial charge in [0.2, 0.25) is 5.91 Å². The van der Waals surface area contributed by atoms with Crippen LogP contribution in [0, 0.1) is 13.8 Å². The van der Waals surface area contributed by atoms with Gasteiger partial charge in [-0.15, -0.1) is 11.3 Å². The van der Waals surface area contributed by atoms with Crippen LogP contribution in [0.5, 0.6) is 0 Å². The highest BCUT2D eigenvalue weighted by atomic mass is 32.1. The predicted octanol–water partition coefficient (Wildman–Crippen LogP) is 0.386. The highest BCUT2D eigenvalue weighted by Gasteiger charge is 2.09. The Kier molecular flexibility index (Phi) is 4.69. The number of aromatic nitrogens is 3. The van der Waals surface area contributed by atoms with Crippen molar-refractivity contribution in [1.29, 1.82) is 0 Å². The molecule has 2 aromatic heterocycles. The van der Waals surface area contributed by atoms with E-state index < -0.39 is 11.2 Å². The highest BCUT2D eigenvalue weighted by molar-refractivity contribution is 7.09. The van der Waals surface area contributed by atoms with Gasteiger partial charge in [0.25, 0.3) is 5.56 Å². The molecule has 0 saturated carbocycles. The second-order valence-corrected chi connectivity index (χ2v) is 5.61. The van der Waals surface area contributed by atoms with E-state index in [-0.39, 0.29) is 18.7 Å². The van der Waals surface area contributed by atoms with E-state index in [2.05, 4.69) is 20.3 Å². The van der Waals surface area contributed by atoms with Crippen molar-refractivity contribution in [3.05, 3.63) is 48.2 Å². The van der Waals surface area contributed by atoms with Crippen LogP contribution in [0.3, 0.4) is 0 Å². The molecule has 21 heavy (non-hydrogen) atoms. The number of carbonyl (C=O) groups is 1. The lowest BCUT2D eigenvalue weighted by Gasteiger charge is -2.05. The first-order chi connectivity index (χ1) is 9.95. The molecule has 0 atom stereocenters. The van der Waals surface area contributed by atoms with Crippen LogP contribution in [0.1, 0.15) is 28.4 Å². The maximum Gasteiger partial charge on any atom is 0.325 e. The van der Waals surface area contributed by atoms with Gasteiger partial charge in [-0.05, 0) is 20.3 Å². The lowest BCUT2D eigenvalue weighted by atomic mass is 10.1. The van der Waals surface area contributed by atoms with Gasteiger partial charge in [-0.3, -0.25) is 14.6 Å². The zero-order chi connectivity index (χ0) is 15.4. The number of hydrogen-bond donors (Lipinski definition) is 3. The first kappa shape index (κ1) is 15.2. The molecule has 0 radical (unpaired) electrons. The number of aromatic amines is 2. The maximum atomic E-state index is 11.8. The van der Waals surface area contributed by atoms with Crippen LogP contribution < -0.4 is 16.6 Å². The largest absolute Gasteiger partial charge is 0.350 e. The Morgan fingerprint density at radius 1 is 1.33 bits per heavy atom. The van der Waals surface area contributed by atoms with Gasteiger partial charge in [-0.1, -0.05) is 0 Å².